The first-order valence-corrected chi connectivity index (χ1v) is 17.6. The van der Waals surface area contributed by atoms with Gasteiger partial charge in [-0.3, -0.25) is 0 Å². The van der Waals surface area contributed by atoms with Crippen molar-refractivity contribution in [3.05, 3.63) is 132 Å². The largest absolute Gasteiger partial charge is 0.345 e. The van der Waals surface area contributed by atoms with Crippen LogP contribution in [0.15, 0.2) is 103 Å². The summed E-state index contributed by atoms with van der Waals surface area (Å²) in [6.45, 7) is 6.72. The molecule has 0 bridgehead atoms. The Balaban J connectivity index is 1.41. The molecule has 0 saturated carbocycles. The van der Waals surface area contributed by atoms with E-state index < -0.39 is 0 Å². The number of rotatable bonds is 14. The summed E-state index contributed by atoms with van der Waals surface area (Å²) >= 11 is 0. The molecule has 6 rings (SSSR count). The van der Waals surface area contributed by atoms with Gasteiger partial charge in [0.15, 0.2) is 0 Å². The zero-order chi connectivity index (χ0) is 31.9. The van der Waals surface area contributed by atoms with Crippen molar-refractivity contribution < 1.29 is 0 Å². The maximum absolute atomic E-state index is 3.44. The second-order valence-corrected chi connectivity index (χ2v) is 13.3. The molecule has 5 aromatic rings. The Hall–Kier alpha value is -4.28. The number of anilines is 2. The molecule has 0 aromatic heterocycles. The molecule has 0 N–H and O–H groups in total. The van der Waals surface area contributed by atoms with Crippen LogP contribution in [0.1, 0.15) is 94.7 Å². The zero-order valence-corrected chi connectivity index (χ0v) is 28.3. The van der Waals surface area contributed by atoms with E-state index in [1.807, 2.05) is 0 Å². The number of para-hydroxylation sites is 1. The van der Waals surface area contributed by atoms with Crippen LogP contribution in [-0.4, -0.2) is 7.05 Å². The van der Waals surface area contributed by atoms with Gasteiger partial charge in [0.25, 0.3) is 0 Å². The highest BCUT2D eigenvalue weighted by molar-refractivity contribution is 5.86. The minimum Gasteiger partial charge on any atom is -0.345 e. The molecule has 1 heteroatoms. The molecule has 0 aliphatic heterocycles. The van der Waals surface area contributed by atoms with Gasteiger partial charge in [0.1, 0.15) is 0 Å². The summed E-state index contributed by atoms with van der Waals surface area (Å²) in [5.74, 6) is 0. The summed E-state index contributed by atoms with van der Waals surface area (Å²) in [6, 6.07) is 45.3. The highest BCUT2D eigenvalue weighted by atomic mass is 15.1. The Kier molecular flexibility index (Phi) is 9.94. The predicted octanol–water partition coefficient (Wildman–Crippen LogP) is 12.9. The first-order chi connectivity index (χ1) is 22.5. The summed E-state index contributed by atoms with van der Waals surface area (Å²) < 4.78 is 0. The van der Waals surface area contributed by atoms with Crippen molar-refractivity contribution in [2.75, 3.05) is 11.9 Å². The standard InChI is InChI=1S/C45H49N/c1-5-7-9-14-30-45(31-15-10-8-6-2)43-32-37(35-20-18-34(3)19-21-35)24-28-41(43)42-29-25-38(33-44(42)45)36-22-26-40(27-23-36)46(4)39-16-12-11-13-17-39/h11-13,16-18,20,22-29,32-33H,5-10,14-15,30-31H2,1-4H3. The number of hydrogen-bond acceptors (Lipinski definition) is 1. The van der Waals surface area contributed by atoms with Crippen LogP contribution < -0.4 is 4.90 Å². The van der Waals surface area contributed by atoms with Crippen LogP contribution in [0.25, 0.3) is 33.4 Å². The summed E-state index contributed by atoms with van der Waals surface area (Å²) in [5.41, 5.74) is 14.4. The van der Waals surface area contributed by atoms with Crippen molar-refractivity contribution in [3.8, 4) is 33.4 Å². The van der Waals surface area contributed by atoms with Gasteiger partial charge in [-0.15, -0.1) is 0 Å². The fourth-order valence-electron chi connectivity index (χ4n) is 7.52. The van der Waals surface area contributed by atoms with Gasteiger partial charge >= 0.3 is 0 Å². The van der Waals surface area contributed by atoms with E-state index in [-0.39, 0.29) is 5.41 Å². The third kappa shape index (κ3) is 6.50. The monoisotopic (exact) mass is 603 g/mol. The average Bonchev–Trinajstić information content (AvgIpc) is 3.37. The molecule has 1 nitrogen and oxygen atoms in total. The van der Waals surface area contributed by atoms with Gasteiger partial charge in [-0.2, -0.15) is 0 Å². The quantitative estimate of drug-likeness (QED) is 0.114. The topological polar surface area (TPSA) is 3.24 Å². The van der Waals surface area contributed by atoms with E-state index in [1.165, 1.54) is 115 Å². The maximum atomic E-state index is 3.44. The smallest absolute Gasteiger partial charge is 0.0408 e. The van der Waals surface area contributed by atoms with Gasteiger partial charge in [0.05, 0.1) is 0 Å². The maximum Gasteiger partial charge on any atom is 0.0408 e. The van der Waals surface area contributed by atoms with Crippen LogP contribution in [0.3, 0.4) is 0 Å². The zero-order valence-electron chi connectivity index (χ0n) is 28.3. The van der Waals surface area contributed by atoms with Crippen molar-refractivity contribution >= 4 is 11.4 Å². The molecule has 0 heterocycles. The van der Waals surface area contributed by atoms with E-state index >= 15 is 0 Å². The van der Waals surface area contributed by atoms with Crippen molar-refractivity contribution in [1.82, 2.24) is 0 Å². The van der Waals surface area contributed by atoms with Crippen LogP contribution in [-0.2, 0) is 5.41 Å². The summed E-state index contributed by atoms with van der Waals surface area (Å²) in [4.78, 5) is 2.25. The number of aryl methyl sites for hydroxylation is 1. The fraction of sp³-hybridized carbons (Fsp3) is 0.333. The van der Waals surface area contributed by atoms with E-state index in [0.29, 0.717) is 0 Å². The Morgan fingerprint density at radius 2 is 1.11 bits per heavy atom. The SMILES string of the molecule is CCCCCCC1(CCCCCC)c2cc(-c3c#cc(C)cc3)ccc2-c2ccc(-c3ccc(N(C)c4ccccc4)cc3)cc21. The Morgan fingerprint density at radius 1 is 0.543 bits per heavy atom. The molecule has 0 amide bonds. The predicted molar refractivity (Wildman–Crippen MR) is 198 cm³/mol. The minimum absolute atomic E-state index is 0.0278. The van der Waals surface area contributed by atoms with E-state index in [0.717, 1.165) is 11.1 Å². The molecular weight excluding hydrogens is 555 g/mol. The Morgan fingerprint density at radius 3 is 1.70 bits per heavy atom. The molecule has 234 valence electrons. The van der Waals surface area contributed by atoms with Gasteiger partial charge in [0.2, 0.25) is 0 Å². The van der Waals surface area contributed by atoms with E-state index in [2.05, 4.69) is 148 Å². The van der Waals surface area contributed by atoms with Crippen molar-refractivity contribution in [1.29, 1.82) is 0 Å². The third-order valence-corrected chi connectivity index (χ3v) is 10.2. The van der Waals surface area contributed by atoms with Gasteiger partial charge in [-0.05, 0) is 113 Å². The molecule has 0 unspecified atom stereocenters. The highest BCUT2D eigenvalue weighted by Gasteiger charge is 2.42. The summed E-state index contributed by atoms with van der Waals surface area (Å²) in [6.07, 6.45) is 12.7. The molecule has 46 heavy (non-hydrogen) atoms. The molecule has 0 saturated heterocycles. The van der Waals surface area contributed by atoms with Gasteiger partial charge in [-0.1, -0.05) is 132 Å². The van der Waals surface area contributed by atoms with Crippen LogP contribution >= 0.6 is 0 Å². The molecule has 0 fully saturated rings. The van der Waals surface area contributed by atoms with E-state index in [4.69, 9.17) is 0 Å². The van der Waals surface area contributed by atoms with E-state index in [9.17, 15) is 0 Å². The molecule has 0 radical (unpaired) electrons. The normalized spacial score (nSPS) is 12.8. The fourth-order valence-corrected chi connectivity index (χ4v) is 7.52. The third-order valence-electron chi connectivity index (χ3n) is 10.2. The number of nitrogens with zero attached hydrogens (tertiary/aromatic N) is 1. The van der Waals surface area contributed by atoms with Crippen LogP contribution in [0, 0.1) is 19.1 Å². The lowest BCUT2D eigenvalue weighted by atomic mass is 9.70. The molecule has 1 aliphatic rings. The van der Waals surface area contributed by atoms with Crippen LogP contribution in [0.4, 0.5) is 11.4 Å². The molecule has 0 spiro atoms. The van der Waals surface area contributed by atoms with Crippen molar-refractivity contribution in [2.24, 2.45) is 0 Å². The number of fused-ring (bicyclic) bond motifs is 3. The van der Waals surface area contributed by atoms with Gasteiger partial charge in [0, 0.05) is 29.4 Å². The Bertz CT molecular complexity index is 1700. The lowest BCUT2D eigenvalue weighted by molar-refractivity contribution is 0.401. The van der Waals surface area contributed by atoms with Gasteiger partial charge in [-0.25, -0.2) is 0 Å². The molecule has 0 atom stereocenters. The van der Waals surface area contributed by atoms with Gasteiger partial charge < -0.3 is 4.90 Å². The molecular formula is C45H49N. The second-order valence-electron chi connectivity index (χ2n) is 13.3. The number of hydrogen-bond donors (Lipinski definition) is 0. The average molecular weight is 604 g/mol. The second kappa shape index (κ2) is 14.4. The van der Waals surface area contributed by atoms with Crippen molar-refractivity contribution in [2.45, 2.75) is 90.4 Å². The van der Waals surface area contributed by atoms with Crippen LogP contribution in [0.2, 0.25) is 0 Å². The lowest BCUT2D eigenvalue weighted by Crippen LogP contribution is -2.25. The van der Waals surface area contributed by atoms with Crippen molar-refractivity contribution in [3.63, 3.8) is 0 Å². The first kappa shape index (κ1) is 31.7. The molecule has 1 aliphatic carbocycles. The summed E-state index contributed by atoms with van der Waals surface area (Å²) in [7, 11) is 2.14. The lowest BCUT2D eigenvalue weighted by Gasteiger charge is -2.33. The van der Waals surface area contributed by atoms with Crippen LogP contribution in [0.5, 0.6) is 0 Å². The number of benzene rings is 4. The summed E-state index contributed by atoms with van der Waals surface area (Å²) in [5, 5.41) is 0. The highest BCUT2D eigenvalue weighted by Crippen LogP contribution is 2.55. The van der Waals surface area contributed by atoms with E-state index in [1.54, 1.807) is 0 Å². The Labute approximate surface area is 278 Å². The number of unbranched alkanes of at least 4 members (excludes halogenated alkanes) is 6. The first-order valence-electron chi connectivity index (χ1n) is 17.6. The minimum atomic E-state index is 0.0278. The molecule has 5 aromatic carbocycles.